The van der Waals surface area contributed by atoms with Gasteiger partial charge in [-0.25, -0.2) is 4.98 Å². The van der Waals surface area contributed by atoms with Gasteiger partial charge in [0.1, 0.15) is 5.82 Å². The van der Waals surface area contributed by atoms with Gasteiger partial charge in [0.2, 0.25) is 0 Å². The Morgan fingerprint density at radius 2 is 1.30 bits per heavy atom. The fourth-order valence-electron chi connectivity index (χ4n) is 10.0. The summed E-state index contributed by atoms with van der Waals surface area (Å²) in [7, 11) is 0. The van der Waals surface area contributed by atoms with Crippen molar-refractivity contribution in [1.29, 1.82) is 0 Å². The molecule has 6 heteroatoms. The van der Waals surface area contributed by atoms with Crippen LogP contribution in [-0.4, -0.2) is 9.55 Å². The number of hydrogen-bond acceptors (Lipinski definition) is 4. The number of benzene rings is 7. The van der Waals surface area contributed by atoms with Crippen molar-refractivity contribution >= 4 is 44.6 Å². The van der Waals surface area contributed by atoms with Gasteiger partial charge in [-0.05, 0) is 92.6 Å². The van der Waals surface area contributed by atoms with Crippen LogP contribution in [0.15, 0.2) is 158 Å². The molecule has 9 aromatic rings. The summed E-state index contributed by atoms with van der Waals surface area (Å²) in [5.74, 6) is 2.39. The molecule has 0 N–H and O–H groups in total. The normalized spacial score (nSPS) is 15.9. The van der Waals surface area contributed by atoms with Gasteiger partial charge in [-0.15, -0.1) is 48.1 Å². The SMILES string of the molecule is Cc1ccccc1N1[CH-]N(c2[c-]c(Oc3[c-]c4c(cc3)c3ccccc3n4-c3cc(C(C)(C)C)ccn3)ccc2)c2ccc3c(c21)C1c2ccccc2C3c2ccccc21.[Pt]. The van der Waals surface area contributed by atoms with Crippen LogP contribution in [0.2, 0.25) is 0 Å². The third-order valence-electron chi connectivity index (χ3n) is 12.8. The minimum absolute atomic E-state index is 0. The van der Waals surface area contributed by atoms with Crippen molar-refractivity contribution in [3.8, 4) is 17.3 Å². The monoisotopic (exact) mass is 968 g/mol. The summed E-state index contributed by atoms with van der Waals surface area (Å²) in [6, 6.07) is 61.8. The van der Waals surface area contributed by atoms with Crippen LogP contribution in [0.5, 0.6) is 11.5 Å². The van der Waals surface area contributed by atoms with E-state index in [0.717, 1.165) is 44.7 Å². The predicted octanol–water partition coefficient (Wildman–Crippen LogP) is 13.6. The number of aromatic nitrogens is 2. The summed E-state index contributed by atoms with van der Waals surface area (Å²) in [4.78, 5) is 9.54. The molecular formula is C55H41N4OPt-3. The second-order valence-corrected chi connectivity index (χ2v) is 17.3. The average molecular weight is 969 g/mol. The Hall–Kier alpha value is -6.42. The number of nitrogens with zero attached hydrogens (tertiary/aromatic N) is 4. The molecule has 3 aliphatic carbocycles. The van der Waals surface area contributed by atoms with E-state index in [-0.39, 0.29) is 38.3 Å². The van der Waals surface area contributed by atoms with Gasteiger partial charge in [0.05, 0.1) is 0 Å². The maximum Gasteiger partial charge on any atom is 0.135 e. The van der Waals surface area contributed by atoms with E-state index in [1.807, 2.05) is 18.3 Å². The van der Waals surface area contributed by atoms with Crippen LogP contribution >= 0.6 is 0 Å². The summed E-state index contributed by atoms with van der Waals surface area (Å²) in [6.07, 6.45) is 1.91. The van der Waals surface area contributed by atoms with Gasteiger partial charge in [0.25, 0.3) is 0 Å². The first-order chi connectivity index (χ1) is 29.3. The molecule has 0 unspecified atom stereocenters. The maximum atomic E-state index is 6.68. The van der Waals surface area contributed by atoms with Crippen molar-refractivity contribution in [2.45, 2.75) is 44.9 Å². The van der Waals surface area contributed by atoms with Gasteiger partial charge in [0, 0.05) is 73.2 Å². The van der Waals surface area contributed by atoms with Gasteiger partial charge in [-0.2, -0.15) is 12.1 Å². The number of fused-ring (bicyclic) bond motifs is 4. The first-order valence-corrected chi connectivity index (χ1v) is 20.8. The van der Waals surface area contributed by atoms with Crippen LogP contribution < -0.4 is 14.5 Å². The molecule has 2 bridgehead atoms. The number of hydrogen-bond donors (Lipinski definition) is 0. The number of pyridine rings is 1. The first kappa shape index (κ1) is 37.6. The van der Waals surface area contributed by atoms with Gasteiger partial charge in [-0.1, -0.05) is 117 Å². The zero-order valence-electron chi connectivity index (χ0n) is 34.3. The largest absolute Gasteiger partial charge is 0.509 e. The minimum atomic E-state index is -0.0185. The Balaban J connectivity index is 0.00000420. The van der Waals surface area contributed by atoms with E-state index in [1.54, 1.807) is 0 Å². The smallest absolute Gasteiger partial charge is 0.135 e. The number of ether oxygens (including phenoxy) is 1. The molecule has 61 heavy (non-hydrogen) atoms. The summed E-state index contributed by atoms with van der Waals surface area (Å²) >= 11 is 0. The molecule has 0 fully saturated rings. The molecule has 2 aromatic heterocycles. The van der Waals surface area contributed by atoms with Crippen LogP contribution in [0, 0.1) is 25.7 Å². The van der Waals surface area contributed by atoms with Crippen molar-refractivity contribution < 1.29 is 25.8 Å². The second-order valence-electron chi connectivity index (χ2n) is 17.3. The van der Waals surface area contributed by atoms with Crippen LogP contribution in [0.25, 0.3) is 27.6 Å². The van der Waals surface area contributed by atoms with Gasteiger partial charge < -0.3 is 19.1 Å². The molecular weight excluding hydrogens is 928 g/mol. The Labute approximate surface area is 371 Å². The number of para-hydroxylation sites is 2. The quantitative estimate of drug-likeness (QED) is 0.161. The van der Waals surface area contributed by atoms with Crippen LogP contribution in [0.3, 0.4) is 0 Å². The predicted molar refractivity (Wildman–Crippen MR) is 242 cm³/mol. The Morgan fingerprint density at radius 3 is 2.05 bits per heavy atom. The van der Waals surface area contributed by atoms with Crippen LogP contribution in [-0.2, 0) is 26.5 Å². The summed E-state index contributed by atoms with van der Waals surface area (Å²) in [5, 5.41) is 2.25. The molecule has 0 atom stereocenters. The number of anilines is 4. The second kappa shape index (κ2) is 14.1. The van der Waals surface area contributed by atoms with Gasteiger partial charge in [-0.3, -0.25) is 0 Å². The molecule has 4 aliphatic rings. The standard InChI is InChI=1S/C55H41N4O.Pt/c1-34-14-5-11-22-46(34)58-33-57(48-27-26-45-51-41-18-6-8-20-43(41)52(53(45)54(48)58)44-21-9-7-19-42(44)51)36-15-13-16-37(31-36)60-38-24-25-40-39-17-10-12-23-47(39)59(49(40)32-38)50-30-35(28-29-56-50)55(2,3)4;/h5-30,33,51-52H,1-4H3;/q-3;. The molecule has 1 aliphatic heterocycles. The van der Waals surface area contributed by atoms with Crippen molar-refractivity contribution in [1.82, 2.24) is 9.55 Å². The minimum Gasteiger partial charge on any atom is -0.509 e. The Bertz CT molecular complexity index is 3170. The average Bonchev–Trinajstić information content (AvgIpc) is 3.82. The molecule has 0 saturated heterocycles. The van der Waals surface area contributed by atoms with E-state index < -0.39 is 0 Å². The topological polar surface area (TPSA) is 33.5 Å². The van der Waals surface area contributed by atoms with Crippen molar-refractivity contribution in [3.63, 3.8) is 0 Å². The van der Waals surface area contributed by atoms with Crippen molar-refractivity contribution in [2.75, 3.05) is 9.80 Å². The van der Waals surface area contributed by atoms with Gasteiger partial charge in [0.15, 0.2) is 0 Å². The molecule has 0 radical (unpaired) electrons. The van der Waals surface area contributed by atoms with E-state index in [2.05, 4.69) is 200 Å². The molecule has 13 rings (SSSR count). The van der Waals surface area contributed by atoms with E-state index in [0.29, 0.717) is 11.5 Å². The van der Waals surface area contributed by atoms with Crippen LogP contribution in [0.4, 0.5) is 22.7 Å². The third kappa shape index (κ3) is 5.74. The summed E-state index contributed by atoms with van der Waals surface area (Å²) in [5.41, 5.74) is 17.2. The molecule has 0 saturated carbocycles. The fraction of sp³-hybridized carbons (Fsp3) is 0.127. The molecule has 300 valence electrons. The number of aryl methyl sites for hydroxylation is 1. The first-order valence-electron chi connectivity index (χ1n) is 20.8. The molecule has 0 amide bonds. The van der Waals surface area contributed by atoms with E-state index in [1.165, 1.54) is 50.2 Å². The van der Waals surface area contributed by atoms with Crippen LogP contribution in [0.1, 0.15) is 77.1 Å². The molecule has 0 spiro atoms. The summed E-state index contributed by atoms with van der Waals surface area (Å²) in [6.45, 7) is 11.1. The maximum absolute atomic E-state index is 6.68. The van der Waals surface area contributed by atoms with E-state index in [9.17, 15) is 0 Å². The fourth-order valence-corrected chi connectivity index (χ4v) is 10.0. The zero-order chi connectivity index (χ0) is 40.3. The number of rotatable bonds is 5. The van der Waals surface area contributed by atoms with Gasteiger partial charge >= 0.3 is 0 Å². The molecule has 5 nitrogen and oxygen atoms in total. The molecule has 3 heterocycles. The van der Waals surface area contributed by atoms with E-state index in [4.69, 9.17) is 9.72 Å². The Kier molecular flexibility index (Phi) is 8.67. The van der Waals surface area contributed by atoms with Crippen molar-refractivity contribution in [2.24, 2.45) is 0 Å². The molecule has 7 aromatic carbocycles. The Morgan fingerprint density at radius 1 is 0.607 bits per heavy atom. The summed E-state index contributed by atoms with van der Waals surface area (Å²) < 4.78 is 8.88. The zero-order valence-corrected chi connectivity index (χ0v) is 36.5. The van der Waals surface area contributed by atoms with E-state index >= 15 is 0 Å². The van der Waals surface area contributed by atoms with Crippen molar-refractivity contribution in [3.05, 3.63) is 221 Å². The third-order valence-corrected chi connectivity index (χ3v) is 12.8.